The Morgan fingerprint density at radius 1 is 1.14 bits per heavy atom. The standard InChI is InChI=1S/C16H24N2O3S/c19-22(20,16-4-2-1-3-5-16)17-12-14-6-9-18(10-7-14)15-8-11-21-13-15/h1-5,14-15,17H,6-13H2/t15-/m1/s1. The average molecular weight is 324 g/mol. The molecule has 5 nitrogen and oxygen atoms in total. The van der Waals surface area contributed by atoms with E-state index in [0.717, 1.165) is 45.6 Å². The van der Waals surface area contributed by atoms with Crippen LogP contribution in [0.2, 0.25) is 0 Å². The third-order valence-electron chi connectivity index (χ3n) is 4.69. The Hall–Kier alpha value is -0.950. The van der Waals surface area contributed by atoms with Crippen LogP contribution in [0.1, 0.15) is 19.3 Å². The van der Waals surface area contributed by atoms with Gasteiger partial charge in [-0.25, -0.2) is 13.1 Å². The van der Waals surface area contributed by atoms with E-state index in [2.05, 4.69) is 9.62 Å². The number of nitrogens with zero attached hydrogens (tertiary/aromatic N) is 1. The number of ether oxygens (including phenoxy) is 1. The van der Waals surface area contributed by atoms with Crippen molar-refractivity contribution in [1.82, 2.24) is 9.62 Å². The lowest BCUT2D eigenvalue weighted by atomic mass is 9.96. The van der Waals surface area contributed by atoms with Crippen LogP contribution in [0.3, 0.4) is 0 Å². The summed E-state index contributed by atoms with van der Waals surface area (Å²) in [5, 5.41) is 0. The van der Waals surface area contributed by atoms with Gasteiger partial charge in [-0.05, 0) is 50.4 Å². The van der Waals surface area contributed by atoms with E-state index in [1.165, 1.54) is 0 Å². The molecule has 0 radical (unpaired) electrons. The van der Waals surface area contributed by atoms with Gasteiger partial charge in [0.05, 0.1) is 11.5 Å². The summed E-state index contributed by atoms with van der Waals surface area (Å²) in [6.07, 6.45) is 3.23. The van der Waals surface area contributed by atoms with Crippen LogP contribution in [0.5, 0.6) is 0 Å². The summed E-state index contributed by atoms with van der Waals surface area (Å²) in [7, 11) is -3.37. The molecule has 22 heavy (non-hydrogen) atoms. The lowest BCUT2D eigenvalue weighted by molar-refractivity contribution is 0.111. The van der Waals surface area contributed by atoms with Gasteiger partial charge < -0.3 is 4.74 Å². The molecule has 2 aliphatic heterocycles. The van der Waals surface area contributed by atoms with E-state index in [1.807, 2.05) is 6.07 Å². The van der Waals surface area contributed by atoms with Gasteiger partial charge in [-0.3, -0.25) is 4.90 Å². The minimum atomic E-state index is -3.37. The maximum Gasteiger partial charge on any atom is 0.240 e. The molecule has 0 amide bonds. The summed E-state index contributed by atoms with van der Waals surface area (Å²) in [4.78, 5) is 2.84. The number of sulfonamides is 1. The van der Waals surface area contributed by atoms with Crippen molar-refractivity contribution in [3.05, 3.63) is 30.3 Å². The Morgan fingerprint density at radius 3 is 2.50 bits per heavy atom. The lowest BCUT2D eigenvalue weighted by Crippen LogP contribution is -2.43. The van der Waals surface area contributed by atoms with Crippen molar-refractivity contribution >= 4 is 10.0 Å². The molecule has 3 rings (SSSR count). The maximum atomic E-state index is 12.2. The summed E-state index contributed by atoms with van der Waals surface area (Å²) in [6.45, 7) is 4.36. The van der Waals surface area contributed by atoms with Crippen LogP contribution in [0.15, 0.2) is 35.2 Å². The first-order chi connectivity index (χ1) is 10.6. The summed E-state index contributed by atoms with van der Waals surface area (Å²) in [5.41, 5.74) is 0. The minimum Gasteiger partial charge on any atom is -0.380 e. The van der Waals surface area contributed by atoms with Crippen molar-refractivity contribution < 1.29 is 13.2 Å². The summed E-state index contributed by atoms with van der Waals surface area (Å²) in [6, 6.07) is 9.15. The molecular weight excluding hydrogens is 300 g/mol. The Labute approximate surface area is 132 Å². The molecule has 0 unspecified atom stereocenters. The molecule has 2 aliphatic rings. The van der Waals surface area contributed by atoms with Crippen molar-refractivity contribution in [2.45, 2.75) is 30.2 Å². The summed E-state index contributed by atoms with van der Waals surface area (Å²) in [5.74, 6) is 0.428. The predicted molar refractivity (Wildman–Crippen MR) is 85.2 cm³/mol. The average Bonchev–Trinajstić information content (AvgIpc) is 3.09. The zero-order valence-corrected chi connectivity index (χ0v) is 13.6. The van der Waals surface area contributed by atoms with Gasteiger partial charge in [0.15, 0.2) is 0 Å². The normalized spacial score (nSPS) is 24.6. The molecule has 122 valence electrons. The van der Waals surface area contributed by atoms with Crippen LogP contribution < -0.4 is 4.72 Å². The number of likely N-dealkylation sites (tertiary alicyclic amines) is 1. The van der Waals surface area contributed by atoms with Crippen LogP contribution in [-0.4, -0.2) is 52.2 Å². The second-order valence-electron chi connectivity index (χ2n) is 6.16. The molecule has 2 saturated heterocycles. The quantitative estimate of drug-likeness (QED) is 0.891. The Balaban J connectivity index is 1.47. The fourth-order valence-corrected chi connectivity index (χ4v) is 4.38. The number of hydrogen-bond donors (Lipinski definition) is 1. The van der Waals surface area contributed by atoms with Crippen molar-refractivity contribution in [2.75, 3.05) is 32.8 Å². The molecule has 0 bridgehead atoms. The van der Waals surface area contributed by atoms with Crippen LogP contribution in [0.25, 0.3) is 0 Å². The molecule has 0 saturated carbocycles. The van der Waals surface area contributed by atoms with Crippen molar-refractivity contribution in [2.24, 2.45) is 5.92 Å². The van der Waals surface area contributed by atoms with E-state index in [-0.39, 0.29) is 0 Å². The van der Waals surface area contributed by atoms with E-state index < -0.39 is 10.0 Å². The second-order valence-corrected chi connectivity index (χ2v) is 7.93. The van der Waals surface area contributed by atoms with Gasteiger partial charge in [-0.15, -0.1) is 0 Å². The van der Waals surface area contributed by atoms with Gasteiger partial charge in [-0.1, -0.05) is 18.2 Å². The third-order valence-corrected chi connectivity index (χ3v) is 6.13. The second kappa shape index (κ2) is 7.08. The molecule has 0 aromatic heterocycles. The van der Waals surface area contributed by atoms with Crippen LogP contribution >= 0.6 is 0 Å². The van der Waals surface area contributed by atoms with Crippen molar-refractivity contribution in [1.29, 1.82) is 0 Å². The zero-order valence-electron chi connectivity index (χ0n) is 12.8. The molecule has 0 aliphatic carbocycles. The molecule has 1 aromatic carbocycles. The monoisotopic (exact) mass is 324 g/mol. The number of nitrogens with one attached hydrogen (secondary N) is 1. The van der Waals surface area contributed by atoms with Gasteiger partial charge in [-0.2, -0.15) is 0 Å². The smallest absolute Gasteiger partial charge is 0.240 e. The Bertz CT molecular complexity index is 562. The molecule has 0 spiro atoms. The van der Waals surface area contributed by atoms with Gasteiger partial charge in [0.25, 0.3) is 0 Å². The van der Waals surface area contributed by atoms with Crippen LogP contribution in [0.4, 0.5) is 0 Å². The van der Waals surface area contributed by atoms with E-state index in [4.69, 9.17) is 4.74 Å². The van der Waals surface area contributed by atoms with Crippen molar-refractivity contribution in [3.63, 3.8) is 0 Å². The predicted octanol–water partition coefficient (Wildman–Crippen LogP) is 1.47. The largest absolute Gasteiger partial charge is 0.380 e. The molecule has 1 atom stereocenters. The van der Waals surface area contributed by atoms with Crippen LogP contribution in [-0.2, 0) is 14.8 Å². The molecule has 1 N–H and O–H groups in total. The van der Waals surface area contributed by atoms with Gasteiger partial charge in [0.2, 0.25) is 10.0 Å². The number of piperidine rings is 1. The van der Waals surface area contributed by atoms with E-state index in [0.29, 0.717) is 23.4 Å². The van der Waals surface area contributed by atoms with Gasteiger partial charge in [0.1, 0.15) is 0 Å². The van der Waals surface area contributed by atoms with Gasteiger partial charge >= 0.3 is 0 Å². The number of benzene rings is 1. The maximum absolute atomic E-state index is 12.2. The first kappa shape index (κ1) is 15.9. The number of rotatable bonds is 5. The fourth-order valence-electron chi connectivity index (χ4n) is 3.24. The van der Waals surface area contributed by atoms with E-state index in [9.17, 15) is 8.42 Å². The van der Waals surface area contributed by atoms with Gasteiger partial charge in [0, 0.05) is 19.2 Å². The highest BCUT2D eigenvalue weighted by atomic mass is 32.2. The zero-order chi connectivity index (χ0) is 15.4. The summed E-state index contributed by atoms with van der Waals surface area (Å²) < 4.78 is 32.6. The highest BCUT2D eigenvalue weighted by Crippen LogP contribution is 2.22. The Kier molecular flexibility index (Phi) is 5.13. The minimum absolute atomic E-state index is 0.343. The Morgan fingerprint density at radius 2 is 1.86 bits per heavy atom. The lowest BCUT2D eigenvalue weighted by Gasteiger charge is -2.35. The highest BCUT2D eigenvalue weighted by Gasteiger charge is 2.28. The topological polar surface area (TPSA) is 58.6 Å². The van der Waals surface area contributed by atoms with Crippen LogP contribution in [0, 0.1) is 5.92 Å². The van der Waals surface area contributed by atoms with Crippen molar-refractivity contribution in [3.8, 4) is 0 Å². The molecular formula is C16H24N2O3S. The first-order valence-corrected chi connectivity index (χ1v) is 9.50. The molecule has 6 heteroatoms. The number of hydrogen-bond acceptors (Lipinski definition) is 4. The molecule has 1 aromatic rings. The summed E-state index contributed by atoms with van der Waals surface area (Å²) >= 11 is 0. The molecule has 2 heterocycles. The van der Waals surface area contributed by atoms with E-state index >= 15 is 0 Å². The first-order valence-electron chi connectivity index (χ1n) is 8.02. The molecule has 2 fully saturated rings. The highest BCUT2D eigenvalue weighted by molar-refractivity contribution is 7.89. The third kappa shape index (κ3) is 3.87. The fraction of sp³-hybridized carbons (Fsp3) is 0.625. The van der Waals surface area contributed by atoms with E-state index in [1.54, 1.807) is 24.3 Å². The SMILES string of the molecule is O=S(=O)(NCC1CCN([C@@H]2CCOC2)CC1)c1ccccc1.